The van der Waals surface area contributed by atoms with Gasteiger partial charge in [-0.2, -0.15) is 0 Å². The Morgan fingerprint density at radius 3 is 2.18 bits per heavy atom. The molecule has 0 saturated heterocycles. The molecule has 0 aliphatic heterocycles. The van der Waals surface area contributed by atoms with Gasteiger partial charge < -0.3 is 0 Å². The van der Waals surface area contributed by atoms with Crippen LogP contribution in [0.15, 0.2) is 64.1 Å². The van der Waals surface area contributed by atoms with E-state index in [1.165, 1.54) is 36.9 Å². The van der Waals surface area contributed by atoms with E-state index in [9.17, 15) is 18.0 Å². The summed E-state index contributed by atoms with van der Waals surface area (Å²) in [5.41, 5.74) is -0.0292. The van der Waals surface area contributed by atoms with Gasteiger partial charge in [-0.05, 0) is 25.5 Å². The molecule has 0 spiro atoms. The average Bonchev–Trinajstić information content (AvgIpc) is 2.67. The van der Waals surface area contributed by atoms with Crippen LogP contribution in [0.25, 0.3) is 0 Å². The number of hydrogen-bond donors (Lipinski definition) is 0. The minimum atomic E-state index is -4.03. The smallest absolute Gasteiger partial charge is 0.298 e. The maximum atomic E-state index is 13.4. The second-order valence-electron chi connectivity index (χ2n) is 6.46. The normalized spacial score (nSPS) is 11.2. The van der Waals surface area contributed by atoms with Crippen molar-refractivity contribution in [2.24, 2.45) is 14.1 Å². The van der Waals surface area contributed by atoms with Gasteiger partial charge in [-0.25, -0.2) is 13.2 Å². The van der Waals surface area contributed by atoms with Crippen molar-refractivity contribution in [1.82, 2.24) is 9.13 Å². The number of aromatic nitrogens is 2. The first-order valence-corrected chi connectivity index (χ1v) is 10.2. The number of hydrogen-bond acceptors (Lipinski definition) is 4. The lowest BCUT2D eigenvalue weighted by molar-refractivity contribution is 0.587. The minimum absolute atomic E-state index is 0.0251. The van der Waals surface area contributed by atoms with Crippen LogP contribution in [-0.2, 0) is 30.5 Å². The zero-order valence-corrected chi connectivity index (χ0v) is 17.2. The van der Waals surface area contributed by atoms with Crippen molar-refractivity contribution in [1.29, 1.82) is 0 Å². The fourth-order valence-electron chi connectivity index (χ4n) is 2.89. The second kappa shape index (κ2) is 8.43. The predicted octanol–water partition coefficient (Wildman–Crippen LogP) is 1.89. The summed E-state index contributed by atoms with van der Waals surface area (Å²) in [7, 11) is -1.19. The van der Waals surface area contributed by atoms with E-state index >= 15 is 0 Å². The van der Waals surface area contributed by atoms with Crippen LogP contribution in [0.1, 0.15) is 17.7 Å². The molecule has 0 radical (unpaired) electrons. The van der Waals surface area contributed by atoms with Gasteiger partial charge in [0.15, 0.2) is 0 Å². The standard InChI is InChI=1S/C20H25N3O4S/c1-6-8-14-23(28(26,27)16-12-10-15(3)11-13-16)18-17(9-7-2)21(4)20(25)22(5)19(18)24/h6-7,10-13H,1-2,8-9,14H2,3-5H3. The summed E-state index contributed by atoms with van der Waals surface area (Å²) in [6, 6.07) is 6.40. The minimum Gasteiger partial charge on any atom is -0.298 e. The molecular formula is C20H25N3O4S. The predicted molar refractivity (Wildman–Crippen MR) is 111 cm³/mol. The largest absolute Gasteiger partial charge is 0.330 e. The lowest BCUT2D eigenvalue weighted by atomic mass is 10.2. The van der Waals surface area contributed by atoms with Gasteiger partial charge in [0.25, 0.3) is 15.6 Å². The third-order valence-electron chi connectivity index (χ3n) is 4.49. The Morgan fingerprint density at radius 1 is 1.04 bits per heavy atom. The van der Waals surface area contributed by atoms with Crippen molar-refractivity contribution in [2.75, 3.05) is 10.8 Å². The average molecular weight is 404 g/mol. The fourth-order valence-corrected chi connectivity index (χ4v) is 4.39. The van der Waals surface area contributed by atoms with Crippen molar-refractivity contribution in [2.45, 2.75) is 24.7 Å². The van der Waals surface area contributed by atoms with E-state index in [1.54, 1.807) is 18.2 Å². The Hall–Kier alpha value is -2.87. The summed E-state index contributed by atoms with van der Waals surface area (Å²) in [5, 5.41) is 0. The van der Waals surface area contributed by atoms with Crippen LogP contribution in [0.4, 0.5) is 5.69 Å². The van der Waals surface area contributed by atoms with E-state index in [0.29, 0.717) is 12.1 Å². The van der Waals surface area contributed by atoms with E-state index in [2.05, 4.69) is 13.2 Å². The highest BCUT2D eigenvalue weighted by Crippen LogP contribution is 2.25. The lowest BCUT2D eigenvalue weighted by Gasteiger charge is -2.27. The van der Waals surface area contributed by atoms with Gasteiger partial charge >= 0.3 is 5.69 Å². The van der Waals surface area contributed by atoms with Crippen LogP contribution in [0, 0.1) is 6.92 Å². The SMILES string of the molecule is C=CCCN(c1c(CC=C)n(C)c(=O)n(C)c1=O)S(=O)(=O)c1ccc(C)cc1. The third kappa shape index (κ3) is 3.87. The number of nitrogens with zero attached hydrogens (tertiary/aromatic N) is 3. The summed E-state index contributed by atoms with van der Waals surface area (Å²) < 4.78 is 30.1. The van der Waals surface area contributed by atoms with E-state index < -0.39 is 21.3 Å². The van der Waals surface area contributed by atoms with Crippen molar-refractivity contribution in [3.05, 3.63) is 81.7 Å². The molecule has 1 aromatic carbocycles. The number of rotatable bonds is 8. The Labute approximate surface area is 164 Å². The Balaban J connectivity index is 2.85. The van der Waals surface area contributed by atoms with Gasteiger partial charge in [-0.15, -0.1) is 13.2 Å². The molecule has 8 heteroatoms. The first kappa shape index (κ1) is 21.4. The van der Waals surface area contributed by atoms with Crippen LogP contribution in [0.2, 0.25) is 0 Å². The zero-order chi connectivity index (χ0) is 21.1. The molecule has 0 N–H and O–H groups in total. The number of anilines is 1. The van der Waals surface area contributed by atoms with Crippen molar-refractivity contribution in [3.63, 3.8) is 0 Å². The molecule has 0 unspecified atom stereocenters. The molecule has 0 atom stereocenters. The summed E-state index contributed by atoms with van der Waals surface area (Å²) in [5.74, 6) is 0. The van der Waals surface area contributed by atoms with E-state index in [0.717, 1.165) is 14.4 Å². The van der Waals surface area contributed by atoms with Gasteiger partial charge in [-0.1, -0.05) is 29.8 Å². The Morgan fingerprint density at radius 2 is 1.64 bits per heavy atom. The number of aryl methyl sites for hydroxylation is 1. The molecule has 2 rings (SSSR count). The maximum Gasteiger partial charge on any atom is 0.330 e. The Kier molecular flexibility index (Phi) is 6.45. The highest BCUT2D eigenvalue weighted by molar-refractivity contribution is 7.92. The molecular weight excluding hydrogens is 378 g/mol. The van der Waals surface area contributed by atoms with E-state index in [-0.39, 0.29) is 23.5 Å². The highest BCUT2D eigenvalue weighted by Gasteiger charge is 2.30. The van der Waals surface area contributed by atoms with Gasteiger partial charge in [0.1, 0.15) is 5.69 Å². The van der Waals surface area contributed by atoms with E-state index in [4.69, 9.17) is 0 Å². The summed E-state index contributed by atoms with van der Waals surface area (Å²) in [4.78, 5) is 25.4. The van der Waals surface area contributed by atoms with Crippen LogP contribution >= 0.6 is 0 Å². The molecule has 0 aliphatic rings. The second-order valence-corrected chi connectivity index (χ2v) is 8.32. The van der Waals surface area contributed by atoms with Gasteiger partial charge in [0.2, 0.25) is 0 Å². The van der Waals surface area contributed by atoms with Gasteiger partial charge in [-0.3, -0.25) is 18.2 Å². The molecule has 1 aromatic heterocycles. The van der Waals surface area contributed by atoms with Crippen molar-refractivity contribution >= 4 is 15.7 Å². The van der Waals surface area contributed by atoms with E-state index in [1.807, 2.05) is 6.92 Å². The van der Waals surface area contributed by atoms with Crippen LogP contribution in [-0.4, -0.2) is 24.1 Å². The van der Waals surface area contributed by atoms with Gasteiger partial charge in [0, 0.05) is 27.1 Å². The van der Waals surface area contributed by atoms with Crippen LogP contribution in [0.3, 0.4) is 0 Å². The molecule has 0 aliphatic carbocycles. The third-order valence-corrected chi connectivity index (χ3v) is 6.30. The monoisotopic (exact) mass is 403 g/mol. The number of benzene rings is 1. The fraction of sp³-hybridized carbons (Fsp3) is 0.300. The molecule has 7 nitrogen and oxygen atoms in total. The van der Waals surface area contributed by atoms with Crippen LogP contribution < -0.4 is 15.6 Å². The summed E-state index contributed by atoms with van der Waals surface area (Å²) in [6.07, 6.45) is 3.62. The molecule has 1 heterocycles. The lowest BCUT2D eigenvalue weighted by Crippen LogP contribution is -2.45. The number of allylic oxidation sites excluding steroid dienone is 1. The molecule has 150 valence electrons. The molecule has 0 bridgehead atoms. The van der Waals surface area contributed by atoms with Crippen molar-refractivity contribution in [3.8, 4) is 0 Å². The van der Waals surface area contributed by atoms with Crippen LogP contribution in [0.5, 0.6) is 0 Å². The topological polar surface area (TPSA) is 81.4 Å². The molecule has 0 amide bonds. The molecule has 0 saturated carbocycles. The quantitative estimate of drug-likeness (QED) is 0.631. The summed E-state index contributed by atoms with van der Waals surface area (Å²) in [6.45, 7) is 9.19. The Bertz CT molecular complexity index is 1110. The zero-order valence-electron chi connectivity index (χ0n) is 16.4. The molecule has 2 aromatic rings. The molecule has 0 fully saturated rings. The first-order chi connectivity index (χ1) is 13.2. The van der Waals surface area contributed by atoms with Gasteiger partial charge in [0.05, 0.1) is 10.6 Å². The maximum absolute atomic E-state index is 13.4. The highest BCUT2D eigenvalue weighted by atomic mass is 32.2. The van der Waals surface area contributed by atoms with Crippen molar-refractivity contribution < 1.29 is 8.42 Å². The summed E-state index contributed by atoms with van der Waals surface area (Å²) >= 11 is 0. The molecule has 28 heavy (non-hydrogen) atoms. The number of sulfonamides is 1. The first-order valence-electron chi connectivity index (χ1n) is 8.76.